The van der Waals surface area contributed by atoms with Crippen molar-refractivity contribution in [3.8, 4) is 0 Å². The summed E-state index contributed by atoms with van der Waals surface area (Å²) in [6.07, 6.45) is 13.0. The van der Waals surface area contributed by atoms with Crippen LogP contribution in [0, 0.1) is 0 Å². The molecular formula is C15H33NO3S. The summed E-state index contributed by atoms with van der Waals surface area (Å²) < 4.78 is 30.0. The Bertz CT molecular complexity index is 304. The molecule has 0 heterocycles. The lowest BCUT2D eigenvalue weighted by atomic mass is 10.1. The van der Waals surface area contributed by atoms with Crippen LogP contribution in [0.2, 0.25) is 0 Å². The smallest absolute Gasteiger partial charge is 0.266 e. The van der Waals surface area contributed by atoms with Crippen LogP contribution in [0.5, 0.6) is 0 Å². The van der Waals surface area contributed by atoms with E-state index in [1.165, 1.54) is 57.8 Å². The van der Waals surface area contributed by atoms with Crippen LogP contribution in [0.4, 0.5) is 0 Å². The van der Waals surface area contributed by atoms with Gasteiger partial charge in [0.2, 0.25) is 0 Å². The van der Waals surface area contributed by atoms with Crippen molar-refractivity contribution in [3.63, 3.8) is 0 Å². The van der Waals surface area contributed by atoms with Crippen LogP contribution in [-0.2, 0) is 10.1 Å². The second-order valence-electron chi connectivity index (χ2n) is 5.79. The number of unbranched alkanes of at least 4 members (excludes halogenated alkanes) is 9. The topological polar surface area (TPSA) is 66.4 Å². The maximum atomic E-state index is 10.7. The molecule has 1 unspecified atom stereocenters. The molecule has 0 amide bonds. The molecule has 4 nitrogen and oxygen atoms in total. The third-order valence-electron chi connectivity index (χ3n) is 3.48. The fourth-order valence-electron chi connectivity index (χ4n) is 2.34. The van der Waals surface area contributed by atoms with Gasteiger partial charge < -0.3 is 5.32 Å². The number of rotatable bonds is 14. The van der Waals surface area contributed by atoms with E-state index >= 15 is 0 Å². The summed E-state index contributed by atoms with van der Waals surface area (Å²) in [5, 5.41) is 3.13. The molecule has 0 bridgehead atoms. The quantitative estimate of drug-likeness (QED) is 0.379. The molecule has 0 aromatic rings. The molecule has 0 aliphatic carbocycles. The van der Waals surface area contributed by atoms with Crippen molar-refractivity contribution in [3.05, 3.63) is 0 Å². The normalized spacial score (nSPS) is 13.6. The first-order chi connectivity index (χ1) is 9.45. The highest BCUT2D eigenvalue weighted by Gasteiger charge is 2.10. The minimum Gasteiger partial charge on any atom is -0.313 e. The van der Waals surface area contributed by atoms with Gasteiger partial charge in [-0.15, -0.1) is 0 Å². The van der Waals surface area contributed by atoms with E-state index in [1.54, 1.807) is 6.92 Å². The van der Waals surface area contributed by atoms with Gasteiger partial charge in [0.1, 0.15) is 0 Å². The van der Waals surface area contributed by atoms with Crippen LogP contribution in [0.3, 0.4) is 0 Å². The Morgan fingerprint density at radius 3 is 1.80 bits per heavy atom. The molecule has 122 valence electrons. The molecule has 5 heteroatoms. The van der Waals surface area contributed by atoms with E-state index in [0.29, 0.717) is 0 Å². The van der Waals surface area contributed by atoms with Crippen LogP contribution in [0.1, 0.15) is 78.1 Å². The van der Waals surface area contributed by atoms with Crippen molar-refractivity contribution in [2.24, 2.45) is 0 Å². The zero-order valence-electron chi connectivity index (χ0n) is 13.2. The van der Waals surface area contributed by atoms with Gasteiger partial charge in [0, 0.05) is 6.04 Å². The van der Waals surface area contributed by atoms with E-state index in [-0.39, 0.29) is 11.8 Å². The summed E-state index contributed by atoms with van der Waals surface area (Å²) in [5.74, 6) is -0.204. The van der Waals surface area contributed by atoms with Gasteiger partial charge in [-0.1, -0.05) is 64.7 Å². The summed E-state index contributed by atoms with van der Waals surface area (Å²) in [7, 11) is -3.85. The van der Waals surface area contributed by atoms with Crippen LogP contribution in [0.25, 0.3) is 0 Å². The zero-order valence-corrected chi connectivity index (χ0v) is 14.1. The first-order valence-electron chi connectivity index (χ1n) is 8.14. The predicted molar refractivity (Wildman–Crippen MR) is 85.7 cm³/mol. The Morgan fingerprint density at radius 2 is 1.35 bits per heavy atom. The van der Waals surface area contributed by atoms with E-state index in [0.717, 1.165) is 13.0 Å². The average molecular weight is 308 g/mol. The molecular weight excluding hydrogens is 274 g/mol. The number of hydrogen-bond donors (Lipinski definition) is 2. The molecule has 0 aliphatic rings. The molecule has 0 radical (unpaired) electrons. The first-order valence-corrected chi connectivity index (χ1v) is 9.75. The van der Waals surface area contributed by atoms with Crippen LogP contribution >= 0.6 is 0 Å². The third-order valence-corrected chi connectivity index (χ3v) is 4.40. The van der Waals surface area contributed by atoms with Crippen LogP contribution < -0.4 is 5.32 Å². The maximum Gasteiger partial charge on any atom is 0.266 e. The first kappa shape index (κ1) is 19.9. The highest BCUT2D eigenvalue weighted by Crippen LogP contribution is 2.10. The molecule has 1 atom stereocenters. The predicted octanol–water partition coefficient (Wildman–Crippen LogP) is 3.77. The monoisotopic (exact) mass is 307 g/mol. The van der Waals surface area contributed by atoms with Gasteiger partial charge >= 0.3 is 0 Å². The lowest BCUT2D eigenvalue weighted by Crippen LogP contribution is -2.33. The SMILES string of the molecule is CCCCCCCCCCCCNC(C)CS(=O)(=O)O. The van der Waals surface area contributed by atoms with Gasteiger partial charge in [0.05, 0.1) is 5.75 Å². The maximum absolute atomic E-state index is 10.7. The molecule has 0 aromatic heterocycles. The Kier molecular flexibility index (Phi) is 12.5. The van der Waals surface area contributed by atoms with Crippen molar-refractivity contribution >= 4 is 10.1 Å². The Labute approximate surface area is 125 Å². The summed E-state index contributed by atoms with van der Waals surface area (Å²) in [4.78, 5) is 0. The van der Waals surface area contributed by atoms with Crippen LogP contribution in [-0.4, -0.2) is 31.3 Å². The lowest BCUT2D eigenvalue weighted by molar-refractivity contribution is 0.465. The van der Waals surface area contributed by atoms with Crippen molar-refractivity contribution < 1.29 is 13.0 Å². The third kappa shape index (κ3) is 15.9. The molecule has 0 saturated carbocycles. The molecule has 0 rings (SSSR count). The van der Waals surface area contributed by atoms with Crippen molar-refractivity contribution in [2.45, 2.75) is 84.1 Å². The van der Waals surface area contributed by atoms with Gasteiger partial charge in [-0.3, -0.25) is 4.55 Å². The van der Waals surface area contributed by atoms with E-state index in [9.17, 15) is 8.42 Å². The summed E-state index contributed by atoms with van der Waals surface area (Å²) in [6.45, 7) is 4.85. The Morgan fingerprint density at radius 1 is 0.900 bits per heavy atom. The van der Waals surface area contributed by atoms with Crippen molar-refractivity contribution in [1.29, 1.82) is 0 Å². The standard InChI is InChI=1S/C15H33NO3S/c1-3-4-5-6-7-8-9-10-11-12-13-16-15(2)14-20(17,18)19/h15-16H,3-14H2,1-2H3,(H,17,18,19). The zero-order chi connectivity index (χ0) is 15.3. The molecule has 2 N–H and O–H groups in total. The molecule has 0 saturated heterocycles. The Hall–Kier alpha value is -0.130. The second-order valence-corrected chi connectivity index (χ2v) is 7.28. The lowest BCUT2D eigenvalue weighted by Gasteiger charge is -2.11. The van der Waals surface area contributed by atoms with Gasteiger partial charge in [-0.2, -0.15) is 8.42 Å². The van der Waals surface area contributed by atoms with Gasteiger partial charge in [-0.05, 0) is 19.9 Å². The average Bonchev–Trinajstić information content (AvgIpc) is 2.34. The fraction of sp³-hybridized carbons (Fsp3) is 1.00. The largest absolute Gasteiger partial charge is 0.313 e. The van der Waals surface area contributed by atoms with Crippen molar-refractivity contribution in [2.75, 3.05) is 12.3 Å². The summed E-state index contributed by atoms with van der Waals surface area (Å²) in [6, 6.07) is -0.177. The highest BCUT2D eigenvalue weighted by molar-refractivity contribution is 7.85. The summed E-state index contributed by atoms with van der Waals surface area (Å²) >= 11 is 0. The van der Waals surface area contributed by atoms with Gasteiger partial charge in [0.15, 0.2) is 0 Å². The van der Waals surface area contributed by atoms with Crippen molar-refractivity contribution in [1.82, 2.24) is 5.32 Å². The van der Waals surface area contributed by atoms with Gasteiger partial charge in [-0.25, -0.2) is 0 Å². The summed E-state index contributed by atoms with van der Waals surface area (Å²) in [5.41, 5.74) is 0. The Balaban J connectivity index is 3.20. The molecule has 0 aliphatic heterocycles. The molecule has 0 aromatic carbocycles. The minimum atomic E-state index is -3.85. The minimum absolute atomic E-state index is 0.177. The van der Waals surface area contributed by atoms with Crippen LogP contribution in [0.15, 0.2) is 0 Å². The van der Waals surface area contributed by atoms with E-state index in [4.69, 9.17) is 4.55 Å². The number of nitrogens with one attached hydrogen (secondary N) is 1. The fourth-order valence-corrected chi connectivity index (χ4v) is 3.09. The highest BCUT2D eigenvalue weighted by atomic mass is 32.2. The second kappa shape index (κ2) is 12.6. The molecule has 0 spiro atoms. The molecule has 0 fully saturated rings. The van der Waals surface area contributed by atoms with E-state index in [1.807, 2.05) is 0 Å². The molecule has 20 heavy (non-hydrogen) atoms. The van der Waals surface area contributed by atoms with E-state index < -0.39 is 10.1 Å². The van der Waals surface area contributed by atoms with Gasteiger partial charge in [0.25, 0.3) is 10.1 Å². The number of hydrogen-bond acceptors (Lipinski definition) is 3. The van der Waals surface area contributed by atoms with E-state index in [2.05, 4.69) is 12.2 Å².